The van der Waals surface area contributed by atoms with E-state index in [1.807, 2.05) is 0 Å². The van der Waals surface area contributed by atoms with E-state index < -0.39 is 13.4 Å². The zero-order valence-corrected chi connectivity index (χ0v) is 8.02. The fraction of sp³-hybridized carbons (Fsp3) is 0. The molecule has 0 rings (SSSR count). The Bertz CT molecular complexity index is 90.7. The van der Waals surface area contributed by atoms with Crippen LogP contribution in [0.15, 0.2) is 0 Å². The molecule has 4 nitrogen and oxygen atoms in total. The van der Waals surface area contributed by atoms with Gasteiger partial charge in [-0.3, -0.25) is 0 Å². The van der Waals surface area contributed by atoms with Gasteiger partial charge in [0.25, 0.3) is 0 Å². The first-order valence-electron chi connectivity index (χ1n) is 0.698. The summed E-state index contributed by atoms with van der Waals surface area (Å²) >= 11 is -5.25. The Morgan fingerprint density at radius 3 is 1.17 bits per heavy atom. The van der Waals surface area contributed by atoms with Crippen molar-refractivity contribution in [3.05, 3.63) is 0 Å². The normalized spacial score (nSPS) is 9.67. The molecule has 2 N–H and O–H groups in total. The molecule has 0 amide bonds. The van der Waals surface area contributed by atoms with Crippen LogP contribution in [0.4, 0.5) is 0 Å². The SMILES string of the molecule is O=[Se](=O)(O)O.[Sr]. The van der Waals surface area contributed by atoms with Gasteiger partial charge in [0.2, 0.25) is 0 Å². The van der Waals surface area contributed by atoms with E-state index in [1.165, 1.54) is 0 Å². The molecule has 6 heavy (non-hydrogen) atoms. The molecule has 0 aliphatic rings. The van der Waals surface area contributed by atoms with E-state index in [-0.39, 0.29) is 45.5 Å². The van der Waals surface area contributed by atoms with Crippen LogP contribution in [0.5, 0.6) is 0 Å². The third kappa shape index (κ3) is 48.8. The van der Waals surface area contributed by atoms with E-state index in [2.05, 4.69) is 0 Å². The van der Waals surface area contributed by atoms with Gasteiger partial charge in [-0.05, 0) is 0 Å². The van der Waals surface area contributed by atoms with Crippen molar-refractivity contribution < 1.29 is 16.0 Å². The van der Waals surface area contributed by atoms with Crippen LogP contribution in [-0.2, 0) is 7.67 Å². The van der Waals surface area contributed by atoms with Gasteiger partial charge in [0, 0.05) is 45.5 Å². The molecule has 0 aliphatic carbocycles. The third-order valence-corrected chi connectivity index (χ3v) is 0. The van der Waals surface area contributed by atoms with E-state index in [0.29, 0.717) is 0 Å². The second-order valence-electron chi connectivity index (χ2n) is 0.448. The van der Waals surface area contributed by atoms with Gasteiger partial charge in [-0.15, -0.1) is 0 Å². The average Bonchev–Trinajstić information content (AvgIpc) is 0.722. The predicted octanol–water partition coefficient (Wildman–Crippen LogP) is -2.11. The van der Waals surface area contributed by atoms with Crippen molar-refractivity contribution in [1.82, 2.24) is 0 Å². The Kier molecular flexibility index (Phi) is 6.14. The molecule has 0 heterocycles. The van der Waals surface area contributed by atoms with Crippen LogP contribution in [0.2, 0.25) is 0 Å². The predicted molar refractivity (Wildman–Crippen MR) is 17.3 cm³/mol. The van der Waals surface area contributed by atoms with Gasteiger partial charge >= 0.3 is 29.4 Å². The van der Waals surface area contributed by atoms with Crippen LogP contribution in [0.25, 0.3) is 0 Å². The molecule has 0 aliphatic heterocycles. The van der Waals surface area contributed by atoms with Crippen LogP contribution >= 0.6 is 0 Å². The molecule has 0 unspecified atom stereocenters. The van der Waals surface area contributed by atoms with Gasteiger partial charge in [0.05, 0.1) is 0 Å². The van der Waals surface area contributed by atoms with Crippen molar-refractivity contribution in [3.8, 4) is 0 Å². The fourth-order valence-corrected chi connectivity index (χ4v) is 0. The molecular weight excluding hydrogens is 231 g/mol. The maximum Gasteiger partial charge on any atom is 0 e. The largest absolute Gasteiger partial charge is 0 e. The fourth-order valence-electron chi connectivity index (χ4n) is 0. The second-order valence-corrected chi connectivity index (χ2v) is 2.33. The Morgan fingerprint density at radius 1 is 1.17 bits per heavy atom. The van der Waals surface area contributed by atoms with E-state index in [0.717, 1.165) is 0 Å². The Hall–Kier alpha value is 1.52. The molecule has 0 aromatic rings. The molecule has 2 radical (unpaired) electrons. The minimum absolute atomic E-state index is 0. The van der Waals surface area contributed by atoms with E-state index in [9.17, 15) is 0 Å². The summed E-state index contributed by atoms with van der Waals surface area (Å²) in [6.45, 7) is 0. The first-order valence-corrected chi connectivity index (χ1v) is 3.63. The Labute approximate surface area is 73.7 Å². The quantitative estimate of drug-likeness (QED) is 0.469. The van der Waals surface area contributed by atoms with E-state index in [4.69, 9.17) is 16.0 Å². The Morgan fingerprint density at radius 2 is 1.17 bits per heavy atom. The van der Waals surface area contributed by atoms with Gasteiger partial charge in [-0.25, -0.2) is 0 Å². The summed E-state index contributed by atoms with van der Waals surface area (Å²) < 4.78 is 31.9. The van der Waals surface area contributed by atoms with Gasteiger partial charge < -0.3 is 0 Å². The first kappa shape index (κ1) is 10.5. The maximum atomic E-state index is 8.82. The molecule has 0 bridgehead atoms. The standard InChI is InChI=1S/H2O4Se.Sr/c1-5(2,3)4;/h(H2,1,2,3,4);. The maximum absolute atomic E-state index is 8.82. The van der Waals surface area contributed by atoms with Crippen molar-refractivity contribution in [2.45, 2.75) is 0 Å². The molecule has 0 aromatic carbocycles. The molecule has 6 heteroatoms. The molecule has 0 spiro atoms. The summed E-state index contributed by atoms with van der Waals surface area (Å²) in [5.74, 6) is 0. The summed E-state index contributed by atoms with van der Waals surface area (Å²) in [5.41, 5.74) is 0. The molecule has 0 aromatic heterocycles. The third-order valence-electron chi connectivity index (χ3n) is 0. The van der Waals surface area contributed by atoms with Gasteiger partial charge in [-0.1, -0.05) is 0 Å². The molecule has 0 atom stereocenters. The minimum atomic E-state index is -5.25. The average molecular weight is 233 g/mol. The van der Waals surface area contributed by atoms with Crippen molar-refractivity contribution in [3.63, 3.8) is 0 Å². The summed E-state index contributed by atoms with van der Waals surface area (Å²) in [6, 6.07) is 0. The zero-order valence-electron chi connectivity index (χ0n) is 2.83. The van der Waals surface area contributed by atoms with Gasteiger partial charge in [0.15, 0.2) is 0 Å². The van der Waals surface area contributed by atoms with Crippen LogP contribution < -0.4 is 0 Å². The van der Waals surface area contributed by atoms with Gasteiger partial charge in [-0.2, -0.15) is 0 Å². The number of hydrogen-bond acceptors (Lipinski definition) is 2. The molecular formula is H2O4SeSr. The molecule has 34 valence electrons. The van der Waals surface area contributed by atoms with Crippen molar-refractivity contribution >= 4 is 58.9 Å². The molecule has 0 saturated heterocycles. The number of hydrogen-bond donors (Lipinski definition) is 2. The molecule has 0 saturated carbocycles. The van der Waals surface area contributed by atoms with Crippen molar-refractivity contribution in [1.29, 1.82) is 0 Å². The topological polar surface area (TPSA) is 74.6 Å². The van der Waals surface area contributed by atoms with Gasteiger partial charge in [0.1, 0.15) is 0 Å². The van der Waals surface area contributed by atoms with E-state index >= 15 is 0 Å². The van der Waals surface area contributed by atoms with Crippen LogP contribution in [0.1, 0.15) is 0 Å². The monoisotopic (exact) mass is 234 g/mol. The van der Waals surface area contributed by atoms with E-state index in [1.54, 1.807) is 0 Å². The molecule has 0 fully saturated rings. The summed E-state index contributed by atoms with van der Waals surface area (Å²) in [5, 5.41) is 0. The summed E-state index contributed by atoms with van der Waals surface area (Å²) in [6.07, 6.45) is 0. The first-order chi connectivity index (χ1) is 2.00. The second kappa shape index (κ2) is 3.51. The van der Waals surface area contributed by atoms with Crippen LogP contribution in [0.3, 0.4) is 0 Å². The summed E-state index contributed by atoms with van der Waals surface area (Å²) in [7, 11) is 0. The number of rotatable bonds is 0. The van der Waals surface area contributed by atoms with Crippen molar-refractivity contribution in [2.24, 2.45) is 0 Å². The zero-order chi connectivity index (χ0) is 4.50. The van der Waals surface area contributed by atoms with Crippen LogP contribution in [-0.4, -0.2) is 67.2 Å². The Balaban J connectivity index is 0. The van der Waals surface area contributed by atoms with Crippen molar-refractivity contribution in [2.75, 3.05) is 0 Å². The smallest absolute Gasteiger partial charge is 0 e. The van der Waals surface area contributed by atoms with Crippen LogP contribution in [0, 0.1) is 0 Å². The summed E-state index contributed by atoms with van der Waals surface area (Å²) in [4.78, 5) is 0. The minimum Gasteiger partial charge on any atom is 0 e.